The van der Waals surface area contributed by atoms with Crippen molar-refractivity contribution in [2.75, 3.05) is 0 Å². The Morgan fingerprint density at radius 2 is 1.71 bits per heavy atom. The molecule has 1 spiro atoms. The van der Waals surface area contributed by atoms with Crippen molar-refractivity contribution in [2.24, 2.45) is 0 Å². The molecule has 0 amide bonds. The highest BCUT2D eigenvalue weighted by Crippen LogP contribution is 2.53. The predicted molar refractivity (Wildman–Crippen MR) is 72.6 cm³/mol. The monoisotopic (exact) mass is 292 g/mol. The molecule has 2 bridgehead atoms. The molecular formula is C16H20O5. The Morgan fingerprint density at radius 3 is 2.52 bits per heavy atom. The van der Waals surface area contributed by atoms with Crippen molar-refractivity contribution in [1.82, 2.24) is 0 Å². The van der Waals surface area contributed by atoms with E-state index < -0.39 is 18.4 Å². The summed E-state index contributed by atoms with van der Waals surface area (Å²) in [5.74, 6) is -0.966. The van der Waals surface area contributed by atoms with E-state index in [4.69, 9.17) is 24.3 Å². The summed E-state index contributed by atoms with van der Waals surface area (Å²) in [6.45, 7) is 3.50. The van der Waals surface area contributed by atoms with Gasteiger partial charge in [0.1, 0.15) is 0 Å². The molecule has 1 aromatic carbocycles. The van der Waals surface area contributed by atoms with Gasteiger partial charge in [-0.2, -0.15) is 14.7 Å². The fraction of sp³-hybridized carbons (Fsp3) is 0.625. The van der Waals surface area contributed by atoms with Gasteiger partial charge in [-0.25, -0.2) is 4.89 Å². The van der Waals surface area contributed by atoms with Crippen LogP contribution in [0.3, 0.4) is 0 Å². The first-order valence-electron chi connectivity index (χ1n) is 7.55. The molecule has 21 heavy (non-hydrogen) atoms. The van der Waals surface area contributed by atoms with Crippen LogP contribution < -0.4 is 0 Å². The summed E-state index contributed by atoms with van der Waals surface area (Å²) >= 11 is 0. The van der Waals surface area contributed by atoms with Crippen molar-refractivity contribution >= 4 is 0 Å². The van der Waals surface area contributed by atoms with Crippen molar-refractivity contribution in [2.45, 2.75) is 63.3 Å². The fourth-order valence-corrected chi connectivity index (χ4v) is 3.63. The van der Waals surface area contributed by atoms with Gasteiger partial charge in [-0.15, -0.1) is 0 Å². The zero-order valence-corrected chi connectivity index (χ0v) is 12.3. The third-order valence-corrected chi connectivity index (χ3v) is 4.62. The molecule has 5 heteroatoms. The van der Waals surface area contributed by atoms with Crippen molar-refractivity contribution < 1.29 is 24.3 Å². The van der Waals surface area contributed by atoms with Crippen LogP contribution in [0.4, 0.5) is 0 Å². The van der Waals surface area contributed by atoms with Crippen LogP contribution in [0.15, 0.2) is 24.3 Å². The number of hydrogen-bond donors (Lipinski definition) is 0. The van der Waals surface area contributed by atoms with Gasteiger partial charge in [0.05, 0.1) is 0 Å². The second kappa shape index (κ2) is 4.76. The minimum Gasteiger partial charge on any atom is -0.312 e. The first kappa shape index (κ1) is 13.7. The summed E-state index contributed by atoms with van der Waals surface area (Å²) in [5, 5.41) is 0. The smallest absolute Gasteiger partial charge is 0.228 e. The first-order chi connectivity index (χ1) is 10.1. The molecule has 2 aliphatic heterocycles. The van der Waals surface area contributed by atoms with Crippen LogP contribution in [0.1, 0.15) is 56.9 Å². The van der Waals surface area contributed by atoms with E-state index >= 15 is 0 Å². The zero-order chi connectivity index (χ0) is 14.5. The zero-order valence-electron chi connectivity index (χ0n) is 12.3. The standard InChI is InChI=1S/C16H20O5/c1-15(2)20-18-13-11-7-3-4-8-12(11)16(9-5-6-10-16)14(17-13)19-21-15/h3-4,7-8,13-14H,5-6,9-10H2,1-2H3/t13-,14+/m0/s1. The van der Waals surface area contributed by atoms with Gasteiger partial charge < -0.3 is 4.74 Å². The van der Waals surface area contributed by atoms with Gasteiger partial charge in [-0.1, -0.05) is 37.1 Å². The van der Waals surface area contributed by atoms with Crippen molar-refractivity contribution in [3.63, 3.8) is 0 Å². The fourth-order valence-electron chi connectivity index (χ4n) is 3.63. The van der Waals surface area contributed by atoms with Gasteiger partial charge in [0, 0.05) is 11.0 Å². The molecule has 1 aromatic rings. The lowest BCUT2D eigenvalue weighted by molar-refractivity contribution is -0.590. The van der Waals surface area contributed by atoms with E-state index in [1.165, 1.54) is 18.4 Å². The van der Waals surface area contributed by atoms with Crippen LogP contribution in [0, 0.1) is 0 Å². The Hall–Kier alpha value is -0.980. The van der Waals surface area contributed by atoms with E-state index in [0.717, 1.165) is 18.4 Å². The molecule has 0 N–H and O–H groups in total. The molecule has 2 heterocycles. The average Bonchev–Trinajstić information content (AvgIpc) is 2.95. The van der Waals surface area contributed by atoms with E-state index in [2.05, 4.69) is 12.1 Å². The second-order valence-corrected chi connectivity index (χ2v) is 6.51. The highest BCUT2D eigenvalue weighted by Gasteiger charge is 2.53. The molecule has 4 rings (SSSR count). The summed E-state index contributed by atoms with van der Waals surface area (Å²) in [6, 6.07) is 8.23. The van der Waals surface area contributed by atoms with Gasteiger partial charge in [-0.05, 0) is 32.3 Å². The van der Waals surface area contributed by atoms with Gasteiger partial charge in [0.15, 0.2) is 0 Å². The van der Waals surface area contributed by atoms with Crippen LogP contribution in [0.2, 0.25) is 0 Å². The van der Waals surface area contributed by atoms with Gasteiger partial charge in [0.2, 0.25) is 18.4 Å². The maximum atomic E-state index is 5.99. The summed E-state index contributed by atoms with van der Waals surface area (Å²) < 4.78 is 5.99. The lowest BCUT2D eigenvalue weighted by Crippen LogP contribution is -2.50. The normalized spacial score (nSPS) is 33.2. The quantitative estimate of drug-likeness (QED) is 0.685. The van der Waals surface area contributed by atoms with Gasteiger partial charge >= 0.3 is 0 Å². The largest absolute Gasteiger partial charge is 0.312 e. The predicted octanol–water partition coefficient (Wildman–Crippen LogP) is 3.50. The molecule has 0 aromatic heterocycles. The number of ether oxygens (including phenoxy) is 1. The third-order valence-electron chi connectivity index (χ3n) is 4.62. The van der Waals surface area contributed by atoms with Crippen molar-refractivity contribution in [1.29, 1.82) is 0 Å². The lowest BCUT2D eigenvalue weighted by atomic mass is 9.74. The Kier molecular flexibility index (Phi) is 3.10. The molecular weight excluding hydrogens is 272 g/mol. The van der Waals surface area contributed by atoms with Crippen LogP contribution in [-0.4, -0.2) is 12.1 Å². The van der Waals surface area contributed by atoms with Crippen LogP contribution in [-0.2, 0) is 29.7 Å². The van der Waals surface area contributed by atoms with E-state index in [9.17, 15) is 0 Å². The summed E-state index contributed by atoms with van der Waals surface area (Å²) in [5.41, 5.74) is 2.11. The molecule has 2 atom stereocenters. The molecule has 3 aliphatic rings. The van der Waals surface area contributed by atoms with Gasteiger partial charge in [0.25, 0.3) is 0 Å². The Labute approximate surface area is 123 Å². The number of hydrogen-bond acceptors (Lipinski definition) is 5. The van der Waals surface area contributed by atoms with E-state index in [1.807, 2.05) is 12.1 Å². The molecule has 1 saturated carbocycles. The second-order valence-electron chi connectivity index (χ2n) is 6.51. The Morgan fingerprint density at radius 1 is 1.00 bits per heavy atom. The molecule has 1 saturated heterocycles. The topological polar surface area (TPSA) is 46.2 Å². The van der Waals surface area contributed by atoms with E-state index in [0.29, 0.717) is 0 Å². The molecule has 2 fully saturated rings. The van der Waals surface area contributed by atoms with Crippen molar-refractivity contribution in [3.8, 4) is 0 Å². The number of rotatable bonds is 0. The summed E-state index contributed by atoms with van der Waals surface area (Å²) in [4.78, 5) is 21.8. The van der Waals surface area contributed by atoms with Crippen LogP contribution >= 0.6 is 0 Å². The third kappa shape index (κ3) is 2.12. The summed E-state index contributed by atoms with van der Waals surface area (Å²) in [6.07, 6.45) is 3.35. The number of fused-ring (bicyclic) bond motifs is 6. The first-order valence-corrected chi connectivity index (χ1v) is 7.55. The molecule has 0 radical (unpaired) electrons. The molecule has 1 aliphatic carbocycles. The number of benzene rings is 1. The molecule has 5 nitrogen and oxygen atoms in total. The molecule has 114 valence electrons. The SMILES string of the molecule is CC1(C)OO[C@@H]2O[C@H](OO1)C1(CCCC1)c1ccccc12. The average molecular weight is 292 g/mol. The maximum Gasteiger partial charge on any atom is 0.228 e. The minimum atomic E-state index is -0.966. The Balaban J connectivity index is 1.81. The highest BCUT2D eigenvalue weighted by atomic mass is 17.3. The van der Waals surface area contributed by atoms with Crippen LogP contribution in [0.5, 0.6) is 0 Å². The maximum absolute atomic E-state index is 5.99. The Bertz CT molecular complexity index is 535. The summed E-state index contributed by atoms with van der Waals surface area (Å²) in [7, 11) is 0. The molecule has 0 unspecified atom stereocenters. The lowest BCUT2D eigenvalue weighted by Gasteiger charge is -2.46. The highest BCUT2D eigenvalue weighted by molar-refractivity contribution is 5.38. The van der Waals surface area contributed by atoms with Crippen LogP contribution in [0.25, 0.3) is 0 Å². The van der Waals surface area contributed by atoms with E-state index in [-0.39, 0.29) is 5.41 Å². The minimum absolute atomic E-state index is 0.149. The van der Waals surface area contributed by atoms with Gasteiger partial charge in [-0.3, -0.25) is 0 Å². The van der Waals surface area contributed by atoms with Crippen molar-refractivity contribution in [3.05, 3.63) is 35.4 Å². The van der Waals surface area contributed by atoms with E-state index in [1.54, 1.807) is 13.8 Å².